The summed E-state index contributed by atoms with van der Waals surface area (Å²) < 4.78 is 11.8. The van der Waals surface area contributed by atoms with Gasteiger partial charge in [-0.15, -0.1) is 0 Å². The quantitative estimate of drug-likeness (QED) is 0.600. The molecule has 4 nitrogen and oxygen atoms in total. The van der Waals surface area contributed by atoms with Crippen LogP contribution in [-0.4, -0.2) is 42.7 Å². The molecule has 0 atom stereocenters. The maximum absolute atomic E-state index is 8.66. The third kappa shape index (κ3) is 152. The molecular formula is C12H38MoN2O2Si4. The van der Waals surface area contributed by atoms with Gasteiger partial charge in [0, 0.05) is 0 Å². The van der Waals surface area contributed by atoms with Crippen molar-refractivity contribution >= 4 is 33.1 Å². The molecule has 0 aromatic heterocycles. The molecule has 0 radical (unpaired) electrons. The van der Waals surface area contributed by atoms with Crippen LogP contribution in [0.5, 0.6) is 0 Å². The molecule has 0 saturated carbocycles. The van der Waals surface area contributed by atoms with E-state index in [9.17, 15) is 0 Å². The van der Waals surface area contributed by atoms with E-state index in [1.807, 2.05) is 39.3 Å². The second kappa shape index (κ2) is 12.6. The van der Waals surface area contributed by atoms with E-state index in [0.717, 1.165) is 19.4 Å². The summed E-state index contributed by atoms with van der Waals surface area (Å²) in [6.45, 7) is 25.1. The summed E-state index contributed by atoms with van der Waals surface area (Å²) in [5.74, 6) is 0. The van der Waals surface area contributed by atoms with Gasteiger partial charge in [0.05, 0.1) is 0 Å². The van der Waals surface area contributed by atoms with Gasteiger partial charge in [0.25, 0.3) is 0 Å². The molecule has 0 saturated heterocycles. The van der Waals surface area contributed by atoms with Crippen LogP contribution < -0.4 is 0 Å². The first-order valence-electron chi connectivity index (χ1n) is 7.08. The zero-order chi connectivity index (χ0) is 18.7. The molecule has 0 rings (SSSR count). The van der Waals surface area contributed by atoms with E-state index in [0.29, 0.717) is 0 Å². The van der Waals surface area contributed by atoms with Gasteiger partial charge in [-0.1, -0.05) is 55.8 Å². The summed E-state index contributed by atoms with van der Waals surface area (Å²) >= 11 is 0.950. The van der Waals surface area contributed by atoms with Gasteiger partial charge in [0.15, 0.2) is 16.6 Å². The van der Waals surface area contributed by atoms with Gasteiger partial charge in [-0.25, -0.2) is 0 Å². The van der Waals surface area contributed by atoms with Crippen LogP contribution in [-0.2, 0) is 19.4 Å². The average Bonchev–Trinajstić information content (AvgIpc) is 1.92. The van der Waals surface area contributed by atoms with Crippen LogP contribution in [0.1, 0.15) is 0 Å². The van der Waals surface area contributed by atoms with E-state index in [1.54, 1.807) is 0 Å². The van der Waals surface area contributed by atoms with Crippen LogP contribution in [0.15, 0.2) is 0 Å². The monoisotopic (exact) mass is 452 g/mol. The van der Waals surface area contributed by atoms with E-state index in [2.05, 4.69) is 39.3 Å². The normalized spacial score (nSPS) is 11.8. The fourth-order valence-electron chi connectivity index (χ4n) is 1.01. The van der Waals surface area contributed by atoms with Crippen molar-refractivity contribution in [1.29, 1.82) is 3.73 Å². The van der Waals surface area contributed by atoms with Crippen LogP contribution >= 0.6 is 0 Å². The van der Waals surface area contributed by atoms with Gasteiger partial charge in [-0.05, 0) is 39.3 Å². The number of nitrogens with zero attached hydrogens (tertiary/aromatic N) is 2. The van der Waals surface area contributed by atoms with Crippen LogP contribution in [0.2, 0.25) is 78.6 Å². The molecule has 0 aliphatic heterocycles. The van der Waals surface area contributed by atoms with Crippen LogP contribution in [0.4, 0.5) is 0 Å². The van der Waals surface area contributed by atoms with Gasteiger partial charge in [0.2, 0.25) is 0 Å². The van der Waals surface area contributed by atoms with Crippen molar-refractivity contribution < 1.29 is 29.0 Å². The summed E-state index contributed by atoms with van der Waals surface area (Å²) in [5, 5.41) is 0. The summed E-state index contributed by atoms with van der Waals surface area (Å²) in [6, 6.07) is 0. The predicted octanol–water partition coefficient (Wildman–Crippen LogP) is 4.67. The minimum absolute atomic E-state index is 0.950. The Bertz CT molecular complexity index is 228. The fourth-order valence-corrected chi connectivity index (χ4v) is 9.06. The minimum atomic E-state index is -1.61. The average molecular weight is 451 g/mol. The number of hydrogen-bond acceptors (Lipinski definition) is 3. The zero-order valence-corrected chi connectivity index (χ0v) is 22.2. The molecule has 0 heterocycles. The molecule has 21 heavy (non-hydrogen) atoms. The summed E-state index contributed by atoms with van der Waals surface area (Å²) in [4.78, 5) is 17.3. The Balaban J connectivity index is -0.000000104. The Hall–Kier alpha value is 1.15. The molecule has 0 unspecified atom stereocenters. The Labute approximate surface area is 148 Å². The molecule has 0 aliphatic rings. The molecule has 2 N–H and O–H groups in total. The van der Waals surface area contributed by atoms with E-state index >= 15 is 0 Å². The molecule has 0 spiro atoms. The molecule has 0 amide bonds. The van der Waals surface area contributed by atoms with Crippen LogP contribution in [0, 0.1) is 3.73 Å². The third-order valence-electron chi connectivity index (χ3n) is 0.671. The van der Waals surface area contributed by atoms with E-state index < -0.39 is 33.1 Å². The Morgan fingerprint density at radius 3 is 0.667 bits per heavy atom. The third-order valence-corrected chi connectivity index (χ3v) is 6.04. The number of hydrogen-bond donors (Lipinski definition) is 2. The first-order valence-corrected chi connectivity index (χ1v) is 21.8. The van der Waals surface area contributed by atoms with Crippen molar-refractivity contribution in [3.05, 3.63) is 4.65 Å². The van der Waals surface area contributed by atoms with Gasteiger partial charge in [-0.2, -0.15) is 0 Å². The fraction of sp³-hybridized carbons (Fsp3) is 1.00. The topological polar surface area (TPSA) is 78.3 Å². The molecule has 130 valence electrons. The Morgan fingerprint density at radius 1 is 0.571 bits per heavy atom. The summed E-state index contributed by atoms with van der Waals surface area (Å²) in [5.41, 5.74) is 0. The molecule has 0 bridgehead atoms. The van der Waals surface area contributed by atoms with Gasteiger partial charge in [0.1, 0.15) is 0 Å². The zero-order valence-electron chi connectivity index (χ0n) is 16.2. The Morgan fingerprint density at radius 2 is 0.667 bits per heavy atom. The molecular weight excluding hydrogens is 412 g/mol. The van der Waals surface area contributed by atoms with Crippen molar-refractivity contribution in [1.82, 2.24) is 0 Å². The van der Waals surface area contributed by atoms with Crippen molar-refractivity contribution in [2.24, 2.45) is 0 Å². The number of rotatable bonds is 2. The van der Waals surface area contributed by atoms with Gasteiger partial charge in [-0.3, -0.25) is 0 Å². The first kappa shape index (κ1) is 30.1. The van der Waals surface area contributed by atoms with E-state index in [-0.39, 0.29) is 0 Å². The second-order valence-electron chi connectivity index (χ2n) is 8.80. The van der Waals surface area contributed by atoms with E-state index in [4.69, 9.17) is 18.0 Å². The van der Waals surface area contributed by atoms with Crippen LogP contribution in [0.3, 0.4) is 0 Å². The van der Waals surface area contributed by atoms with Gasteiger partial charge < -0.3 is 14.2 Å². The summed E-state index contributed by atoms with van der Waals surface area (Å²) in [7, 11) is -5.43. The molecule has 0 fully saturated rings. The maximum atomic E-state index is 8.66. The molecule has 0 aliphatic carbocycles. The second-order valence-corrected chi connectivity index (χ2v) is 27.1. The molecule has 9 heteroatoms. The van der Waals surface area contributed by atoms with Gasteiger partial charge >= 0.3 is 23.2 Å². The summed E-state index contributed by atoms with van der Waals surface area (Å²) in [6.07, 6.45) is 0. The molecule has 0 aromatic carbocycles. The first-order chi connectivity index (χ1) is 8.71. The van der Waals surface area contributed by atoms with Crippen molar-refractivity contribution in [3.63, 3.8) is 0 Å². The Kier molecular flexibility index (Phi) is 18.0. The van der Waals surface area contributed by atoms with Crippen LogP contribution in [0.25, 0.3) is 4.65 Å². The standard InChI is InChI=1S/C6H18NSi2.2C3H10OSi.Mo.N/c1-8(2,3)7-9(4,5)6;2*1-5(2,3)4;;/h1-6H3;2*4H,1-3H3;;/q-1;;;+1;. The van der Waals surface area contributed by atoms with Crippen molar-refractivity contribution in [2.75, 3.05) is 0 Å². The SMILES string of the molecule is C[Si](C)(C)O.C[Si](C)(C)O.C[Si](C)(C)[N-][Si](C)(C)C.[N]#[Mo+]. The molecule has 0 aromatic rings. The van der Waals surface area contributed by atoms with Crippen molar-refractivity contribution in [2.45, 2.75) is 78.6 Å². The van der Waals surface area contributed by atoms with Crippen molar-refractivity contribution in [3.8, 4) is 0 Å². The van der Waals surface area contributed by atoms with E-state index in [1.165, 1.54) is 0 Å². The predicted molar refractivity (Wildman–Crippen MR) is 103 cm³/mol.